The summed E-state index contributed by atoms with van der Waals surface area (Å²) in [4.78, 5) is 33.2. The molecule has 0 saturated carbocycles. The number of anilines is 1. The third-order valence-corrected chi connectivity index (χ3v) is 8.75. The highest BCUT2D eigenvalue weighted by molar-refractivity contribution is 7.07. The number of ether oxygens (including phenoxy) is 3. The number of hydrogen-bond acceptors (Lipinski definition) is 7. The van der Waals surface area contributed by atoms with Crippen molar-refractivity contribution in [2.24, 2.45) is 4.99 Å². The summed E-state index contributed by atoms with van der Waals surface area (Å²) in [6.45, 7) is 2.10. The van der Waals surface area contributed by atoms with E-state index in [0.29, 0.717) is 66.3 Å². The number of fused-ring (bicyclic) bond motifs is 1. The van der Waals surface area contributed by atoms with Crippen LogP contribution >= 0.6 is 22.9 Å². The molecule has 1 aliphatic rings. The van der Waals surface area contributed by atoms with Gasteiger partial charge in [0, 0.05) is 5.69 Å². The summed E-state index contributed by atoms with van der Waals surface area (Å²) in [5.41, 5.74) is 3.56. The van der Waals surface area contributed by atoms with Crippen LogP contribution in [0.3, 0.4) is 0 Å². The van der Waals surface area contributed by atoms with Gasteiger partial charge >= 0.3 is 0 Å². The normalized spacial score (nSPS) is 14.3. The maximum absolute atomic E-state index is 14.2. The number of nitrogens with zero attached hydrogens (tertiary/aromatic N) is 2. The van der Waals surface area contributed by atoms with E-state index in [1.54, 1.807) is 48.9 Å². The van der Waals surface area contributed by atoms with Gasteiger partial charge in [-0.05, 0) is 66.1 Å². The highest BCUT2D eigenvalue weighted by Gasteiger charge is 2.33. The molecular weight excluding hydrogens is 622 g/mol. The van der Waals surface area contributed by atoms with E-state index < -0.39 is 6.04 Å². The Kier molecular flexibility index (Phi) is 9.05. The number of allylic oxidation sites excluding steroid dienone is 1. The highest BCUT2D eigenvalue weighted by atomic mass is 35.5. The van der Waals surface area contributed by atoms with Crippen molar-refractivity contribution in [1.29, 1.82) is 0 Å². The SMILES string of the molecule is COc1cccc([C@@H]2C(C(=O)Nc3ccccc3)=C(C)N=c3s/c(=C\c4cc(Cl)c(OCc5ccccc5)c(OC)c4)c(=O)n32)c1. The van der Waals surface area contributed by atoms with Crippen LogP contribution in [0, 0.1) is 0 Å². The van der Waals surface area contributed by atoms with Gasteiger partial charge in [-0.2, -0.15) is 0 Å². The van der Waals surface area contributed by atoms with E-state index >= 15 is 0 Å². The number of nitrogens with one attached hydrogen (secondary N) is 1. The average Bonchev–Trinajstić information content (AvgIpc) is 3.37. The number of hydrogen-bond donors (Lipinski definition) is 1. The van der Waals surface area contributed by atoms with Crippen molar-refractivity contribution in [3.05, 3.63) is 150 Å². The van der Waals surface area contributed by atoms with E-state index in [1.165, 1.54) is 18.4 Å². The summed E-state index contributed by atoms with van der Waals surface area (Å²) in [6.07, 6.45) is 1.74. The Balaban J connectivity index is 1.42. The summed E-state index contributed by atoms with van der Waals surface area (Å²) in [7, 11) is 3.11. The van der Waals surface area contributed by atoms with Crippen molar-refractivity contribution in [2.45, 2.75) is 19.6 Å². The van der Waals surface area contributed by atoms with Gasteiger partial charge < -0.3 is 19.5 Å². The lowest BCUT2D eigenvalue weighted by Gasteiger charge is -2.25. The molecule has 232 valence electrons. The van der Waals surface area contributed by atoms with Gasteiger partial charge in [0.15, 0.2) is 16.3 Å². The van der Waals surface area contributed by atoms with E-state index in [1.807, 2.05) is 72.8 Å². The lowest BCUT2D eigenvalue weighted by Crippen LogP contribution is -2.40. The van der Waals surface area contributed by atoms with Crippen LogP contribution in [0.1, 0.15) is 29.7 Å². The number of halogens is 1. The standard InChI is InChI=1S/C36H30ClN3O5S/c1-22-31(34(41)39-26-14-8-5-9-15-26)32(25-13-10-16-27(20-25)43-2)40-35(42)30(46-36(40)38-22)19-24-17-28(37)33(29(18-24)44-3)45-21-23-11-6-4-7-12-23/h4-20,32H,21H2,1-3H3,(H,39,41)/b30-19-/t32-/m1/s1. The molecule has 8 nitrogen and oxygen atoms in total. The Morgan fingerprint density at radius 3 is 2.43 bits per heavy atom. The number of rotatable bonds is 9. The van der Waals surface area contributed by atoms with Gasteiger partial charge in [-0.1, -0.05) is 83.6 Å². The van der Waals surface area contributed by atoms with Gasteiger partial charge in [0.1, 0.15) is 12.4 Å². The lowest BCUT2D eigenvalue weighted by molar-refractivity contribution is -0.113. The van der Waals surface area contributed by atoms with Crippen LogP contribution in [0.15, 0.2) is 118 Å². The second kappa shape index (κ2) is 13.5. The van der Waals surface area contributed by atoms with E-state index in [2.05, 4.69) is 5.32 Å². The zero-order valence-corrected chi connectivity index (χ0v) is 26.9. The molecule has 10 heteroatoms. The van der Waals surface area contributed by atoms with E-state index in [4.69, 9.17) is 30.8 Å². The molecule has 5 aromatic rings. The number of carbonyl (C=O) groups excluding carboxylic acids is 1. The zero-order valence-electron chi connectivity index (χ0n) is 25.3. The largest absolute Gasteiger partial charge is 0.497 e. The van der Waals surface area contributed by atoms with Crippen molar-refractivity contribution in [1.82, 2.24) is 4.57 Å². The van der Waals surface area contributed by atoms with Gasteiger partial charge in [-0.25, -0.2) is 4.99 Å². The predicted octanol–water partition coefficient (Wildman–Crippen LogP) is 6.12. The molecule has 0 saturated heterocycles. The molecule has 1 N–H and O–H groups in total. The Labute approximate surface area is 274 Å². The Morgan fingerprint density at radius 1 is 0.978 bits per heavy atom. The Morgan fingerprint density at radius 2 is 1.72 bits per heavy atom. The van der Waals surface area contributed by atoms with Crippen LogP contribution in [0.4, 0.5) is 5.69 Å². The van der Waals surface area contributed by atoms with Crippen molar-refractivity contribution >= 4 is 40.6 Å². The van der Waals surface area contributed by atoms with Crippen LogP contribution in [-0.4, -0.2) is 24.7 Å². The minimum Gasteiger partial charge on any atom is -0.497 e. The van der Waals surface area contributed by atoms with Crippen LogP contribution in [0.5, 0.6) is 17.2 Å². The summed E-state index contributed by atoms with van der Waals surface area (Å²) >= 11 is 7.91. The van der Waals surface area contributed by atoms with Crippen molar-refractivity contribution in [3.63, 3.8) is 0 Å². The first-order valence-corrected chi connectivity index (χ1v) is 15.6. The van der Waals surface area contributed by atoms with Crippen molar-refractivity contribution in [2.75, 3.05) is 19.5 Å². The number of carbonyl (C=O) groups is 1. The summed E-state index contributed by atoms with van der Waals surface area (Å²) in [6, 6.07) is 29.0. The van der Waals surface area contributed by atoms with Gasteiger partial charge in [0.25, 0.3) is 11.5 Å². The molecule has 4 aromatic carbocycles. The fourth-order valence-corrected chi connectivity index (χ4v) is 6.62. The number of methoxy groups -OCH3 is 2. The van der Waals surface area contributed by atoms with Gasteiger partial charge in [0.05, 0.1) is 41.1 Å². The molecule has 0 bridgehead atoms. The topological polar surface area (TPSA) is 91.2 Å². The van der Waals surface area contributed by atoms with E-state index in [0.717, 1.165) is 5.56 Å². The summed E-state index contributed by atoms with van der Waals surface area (Å²) in [5, 5.41) is 3.31. The summed E-state index contributed by atoms with van der Waals surface area (Å²) < 4.78 is 19.1. The molecule has 1 atom stereocenters. The smallest absolute Gasteiger partial charge is 0.271 e. The maximum Gasteiger partial charge on any atom is 0.271 e. The van der Waals surface area contributed by atoms with Crippen LogP contribution in [0.2, 0.25) is 5.02 Å². The first-order valence-electron chi connectivity index (χ1n) is 14.4. The second-order valence-electron chi connectivity index (χ2n) is 10.5. The maximum atomic E-state index is 14.2. The summed E-state index contributed by atoms with van der Waals surface area (Å²) in [5.74, 6) is 1.10. The Hall–Kier alpha value is -5.12. The monoisotopic (exact) mass is 651 g/mol. The van der Waals surface area contributed by atoms with Gasteiger partial charge in [-0.3, -0.25) is 14.2 Å². The van der Waals surface area contributed by atoms with Crippen molar-refractivity contribution in [3.8, 4) is 17.2 Å². The molecule has 0 fully saturated rings. The van der Waals surface area contributed by atoms with Crippen LogP contribution < -0.4 is 34.4 Å². The van der Waals surface area contributed by atoms with Gasteiger partial charge in [0.2, 0.25) is 0 Å². The number of benzene rings is 4. The van der Waals surface area contributed by atoms with E-state index in [9.17, 15) is 9.59 Å². The molecular formula is C36H30ClN3O5S. The third kappa shape index (κ3) is 6.33. The molecule has 46 heavy (non-hydrogen) atoms. The molecule has 0 unspecified atom stereocenters. The first kappa shape index (κ1) is 30.9. The molecule has 1 aliphatic heterocycles. The fraction of sp³-hybridized carbons (Fsp3) is 0.139. The first-order chi connectivity index (χ1) is 22.4. The molecule has 6 rings (SSSR count). The number of amides is 1. The van der Waals surface area contributed by atoms with Crippen LogP contribution in [0.25, 0.3) is 6.08 Å². The molecule has 1 amide bonds. The average molecular weight is 652 g/mol. The molecule has 1 aromatic heterocycles. The van der Waals surface area contributed by atoms with Crippen LogP contribution in [-0.2, 0) is 11.4 Å². The van der Waals surface area contributed by atoms with Gasteiger partial charge in [-0.15, -0.1) is 0 Å². The van der Waals surface area contributed by atoms with Crippen molar-refractivity contribution < 1.29 is 19.0 Å². The molecule has 2 heterocycles. The minimum atomic E-state index is -0.746. The number of aromatic nitrogens is 1. The minimum absolute atomic E-state index is 0.298. The zero-order chi connectivity index (χ0) is 32.2. The number of para-hydroxylation sites is 1. The third-order valence-electron chi connectivity index (χ3n) is 7.48. The molecule has 0 spiro atoms. The second-order valence-corrected chi connectivity index (χ2v) is 11.9. The molecule has 0 radical (unpaired) electrons. The Bertz CT molecular complexity index is 2120. The van der Waals surface area contributed by atoms with E-state index in [-0.39, 0.29) is 11.5 Å². The highest BCUT2D eigenvalue weighted by Crippen LogP contribution is 2.37. The fourth-order valence-electron chi connectivity index (χ4n) is 5.30. The lowest BCUT2D eigenvalue weighted by atomic mass is 9.95. The molecule has 0 aliphatic carbocycles. The number of thiazole rings is 1. The predicted molar refractivity (Wildman–Crippen MR) is 181 cm³/mol. The quantitative estimate of drug-likeness (QED) is 0.207.